The van der Waals surface area contributed by atoms with Crippen molar-refractivity contribution in [2.24, 2.45) is 11.7 Å². The minimum Gasteiger partial charge on any atom is -0.389 e. The minimum atomic E-state index is 0.474. The van der Waals surface area contributed by atoms with Crippen LogP contribution in [0.15, 0.2) is 24.3 Å². The molecule has 0 radical (unpaired) electrons. The predicted octanol–water partition coefficient (Wildman–Crippen LogP) is 1.70. The molecule has 3 nitrogen and oxygen atoms in total. The Labute approximate surface area is 121 Å². The lowest BCUT2D eigenvalue weighted by Crippen LogP contribution is -2.27. The van der Waals surface area contributed by atoms with E-state index in [1.807, 2.05) is 12.1 Å². The Hall–Kier alpha value is -0.970. The van der Waals surface area contributed by atoms with Gasteiger partial charge in [-0.25, -0.2) is 0 Å². The molecule has 1 aliphatic heterocycles. The molecule has 2 N–H and O–H groups in total. The Bertz CT molecular complexity index is 447. The highest BCUT2D eigenvalue weighted by Gasteiger charge is 2.20. The predicted molar refractivity (Wildman–Crippen MR) is 84.3 cm³/mol. The third kappa shape index (κ3) is 4.27. The van der Waals surface area contributed by atoms with Crippen LogP contribution in [0.4, 0.5) is 0 Å². The molecular formula is C15H23N3S. The quantitative estimate of drug-likeness (QED) is 0.831. The normalized spacial score (nSPS) is 20.1. The number of rotatable bonds is 5. The van der Waals surface area contributed by atoms with E-state index in [-0.39, 0.29) is 0 Å². The second-order valence-electron chi connectivity index (χ2n) is 5.68. The second-order valence-corrected chi connectivity index (χ2v) is 6.12. The molecule has 104 valence electrons. The van der Waals surface area contributed by atoms with Crippen molar-refractivity contribution in [3.63, 3.8) is 0 Å². The van der Waals surface area contributed by atoms with Gasteiger partial charge in [0, 0.05) is 25.2 Å². The van der Waals surface area contributed by atoms with Crippen molar-refractivity contribution in [1.29, 1.82) is 0 Å². The summed E-state index contributed by atoms with van der Waals surface area (Å²) in [5.74, 6) is 0.800. The molecule has 0 saturated carbocycles. The molecule has 0 amide bonds. The third-order valence-corrected chi connectivity index (χ3v) is 3.96. The molecule has 4 heteroatoms. The fraction of sp³-hybridized carbons (Fsp3) is 0.533. The first-order chi connectivity index (χ1) is 9.04. The summed E-state index contributed by atoms with van der Waals surface area (Å²) in [5, 5.41) is 0. The summed E-state index contributed by atoms with van der Waals surface area (Å²) in [6.45, 7) is 4.56. The van der Waals surface area contributed by atoms with Gasteiger partial charge in [0.2, 0.25) is 0 Å². The molecule has 0 spiro atoms. The maximum absolute atomic E-state index is 5.67. The zero-order valence-electron chi connectivity index (χ0n) is 11.8. The van der Waals surface area contributed by atoms with Crippen LogP contribution in [0.1, 0.15) is 17.5 Å². The fourth-order valence-electron chi connectivity index (χ4n) is 2.82. The van der Waals surface area contributed by atoms with Crippen molar-refractivity contribution in [3.05, 3.63) is 35.4 Å². The maximum Gasteiger partial charge on any atom is 0.103 e. The Morgan fingerprint density at radius 1 is 1.53 bits per heavy atom. The van der Waals surface area contributed by atoms with E-state index < -0.39 is 0 Å². The van der Waals surface area contributed by atoms with Crippen molar-refractivity contribution >= 4 is 17.2 Å². The summed E-state index contributed by atoms with van der Waals surface area (Å²) < 4.78 is 0. The van der Waals surface area contributed by atoms with E-state index in [1.165, 1.54) is 25.1 Å². The number of likely N-dealkylation sites (tertiary alicyclic amines) is 1. The van der Waals surface area contributed by atoms with Crippen molar-refractivity contribution in [1.82, 2.24) is 9.80 Å². The molecule has 0 bridgehead atoms. The first-order valence-corrected chi connectivity index (χ1v) is 7.21. The van der Waals surface area contributed by atoms with E-state index in [2.05, 4.69) is 36.0 Å². The topological polar surface area (TPSA) is 32.5 Å². The van der Waals surface area contributed by atoms with Crippen molar-refractivity contribution in [2.45, 2.75) is 13.0 Å². The second kappa shape index (κ2) is 6.46. The van der Waals surface area contributed by atoms with Gasteiger partial charge in [0.25, 0.3) is 0 Å². The zero-order valence-corrected chi connectivity index (χ0v) is 12.6. The molecule has 1 saturated heterocycles. The van der Waals surface area contributed by atoms with Crippen LogP contribution in [0.3, 0.4) is 0 Å². The summed E-state index contributed by atoms with van der Waals surface area (Å²) in [6.07, 6.45) is 1.31. The fourth-order valence-corrected chi connectivity index (χ4v) is 2.94. The van der Waals surface area contributed by atoms with Gasteiger partial charge < -0.3 is 15.5 Å². The number of nitrogens with two attached hydrogens (primary N) is 1. The smallest absolute Gasteiger partial charge is 0.103 e. The standard InChI is InChI=1S/C15H23N3S/c1-17-7-6-13(10-17)11-18(2)9-12-4-3-5-14(8-12)15(16)19/h3-5,8,13H,6-7,9-11H2,1-2H3,(H2,16,19). The molecule has 1 fully saturated rings. The van der Waals surface area contributed by atoms with E-state index in [0.717, 1.165) is 24.6 Å². The van der Waals surface area contributed by atoms with E-state index in [4.69, 9.17) is 18.0 Å². The monoisotopic (exact) mass is 277 g/mol. The molecular weight excluding hydrogens is 254 g/mol. The molecule has 1 aliphatic rings. The summed E-state index contributed by atoms with van der Waals surface area (Å²) >= 11 is 5.02. The van der Waals surface area contributed by atoms with Gasteiger partial charge >= 0.3 is 0 Å². The van der Waals surface area contributed by atoms with Crippen LogP contribution in [0.25, 0.3) is 0 Å². The first-order valence-electron chi connectivity index (χ1n) is 6.80. The highest BCUT2D eigenvalue weighted by Crippen LogP contribution is 2.16. The van der Waals surface area contributed by atoms with Crippen molar-refractivity contribution in [2.75, 3.05) is 33.7 Å². The van der Waals surface area contributed by atoms with Gasteiger partial charge in [-0.05, 0) is 44.6 Å². The molecule has 1 atom stereocenters. The van der Waals surface area contributed by atoms with Gasteiger partial charge in [-0.3, -0.25) is 0 Å². The van der Waals surface area contributed by atoms with E-state index in [0.29, 0.717) is 4.99 Å². The van der Waals surface area contributed by atoms with Gasteiger partial charge in [0.05, 0.1) is 0 Å². The molecule has 19 heavy (non-hydrogen) atoms. The zero-order chi connectivity index (χ0) is 13.8. The Balaban J connectivity index is 1.89. The molecule has 1 aromatic carbocycles. The van der Waals surface area contributed by atoms with Gasteiger partial charge in [-0.1, -0.05) is 30.4 Å². The van der Waals surface area contributed by atoms with Gasteiger partial charge in [-0.2, -0.15) is 0 Å². The Morgan fingerprint density at radius 3 is 2.95 bits per heavy atom. The molecule has 1 aromatic rings. The van der Waals surface area contributed by atoms with Crippen LogP contribution in [0.2, 0.25) is 0 Å². The highest BCUT2D eigenvalue weighted by atomic mass is 32.1. The summed E-state index contributed by atoms with van der Waals surface area (Å²) in [5.41, 5.74) is 7.91. The molecule has 0 aromatic heterocycles. The van der Waals surface area contributed by atoms with E-state index >= 15 is 0 Å². The van der Waals surface area contributed by atoms with Crippen LogP contribution in [0.5, 0.6) is 0 Å². The van der Waals surface area contributed by atoms with Crippen LogP contribution < -0.4 is 5.73 Å². The van der Waals surface area contributed by atoms with E-state index in [9.17, 15) is 0 Å². The lowest BCUT2D eigenvalue weighted by atomic mass is 10.1. The number of hydrogen-bond acceptors (Lipinski definition) is 3. The van der Waals surface area contributed by atoms with Crippen molar-refractivity contribution in [3.8, 4) is 0 Å². The lowest BCUT2D eigenvalue weighted by molar-refractivity contribution is 0.267. The molecule has 1 heterocycles. The largest absolute Gasteiger partial charge is 0.389 e. The van der Waals surface area contributed by atoms with Gasteiger partial charge in [-0.15, -0.1) is 0 Å². The number of nitrogens with zero attached hydrogens (tertiary/aromatic N) is 2. The number of hydrogen-bond donors (Lipinski definition) is 1. The average Bonchev–Trinajstić information content (AvgIpc) is 2.74. The summed E-state index contributed by atoms with van der Waals surface area (Å²) in [6, 6.07) is 8.23. The van der Waals surface area contributed by atoms with Crippen LogP contribution >= 0.6 is 12.2 Å². The van der Waals surface area contributed by atoms with Gasteiger partial charge in [0.15, 0.2) is 0 Å². The summed E-state index contributed by atoms with van der Waals surface area (Å²) in [4.78, 5) is 5.27. The van der Waals surface area contributed by atoms with Gasteiger partial charge in [0.1, 0.15) is 4.99 Å². The molecule has 1 unspecified atom stereocenters. The lowest BCUT2D eigenvalue weighted by Gasteiger charge is -2.21. The maximum atomic E-state index is 5.67. The van der Waals surface area contributed by atoms with Crippen molar-refractivity contribution < 1.29 is 0 Å². The Kier molecular flexibility index (Phi) is 4.91. The number of benzene rings is 1. The molecule has 0 aliphatic carbocycles. The summed E-state index contributed by atoms with van der Waals surface area (Å²) in [7, 11) is 4.39. The van der Waals surface area contributed by atoms with Crippen LogP contribution in [0, 0.1) is 5.92 Å². The number of thiocarbonyl (C=S) groups is 1. The van der Waals surface area contributed by atoms with Crippen LogP contribution in [-0.2, 0) is 6.54 Å². The highest BCUT2D eigenvalue weighted by molar-refractivity contribution is 7.80. The SMILES string of the molecule is CN1CCC(CN(C)Cc2cccc(C(N)=S)c2)C1. The third-order valence-electron chi connectivity index (χ3n) is 3.72. The minimum absolute atomic E-state index is 0.474. The van der Waals surface area contributed by atoms with E-state index in [1.54, 1.807) is 0 Å². The molecule has 2 rings (SSSR count). The van der Waals surface area contributed by atoms with Crippen LogP contribution in [-0.4, -0.2) is 48.5 Å². The first kappa shape index (κ1) is 14.4. The Morgan fingerprint density at radius 2 is 2.32 bits per heavy atom. The average molecular weight is 277 g/mol.